The maximum absolute atomic E-state index is 11.8. The molecule has 0 aromatic rings. The summed E-state index contributed by atoms with van der Waals surface area (Å²) in [5, 5.41) is 10.3. The standard InChI is InChI=1S/C10H14N6O4/c1-3(17)15-5-7(13-9(19)11-5)16(4(2)18)8-6(15)12-10(20)14-8/h5-8H,1-2H3,(H2,11,13,19)(H2,12,14,20). The summed E-state index contributed by atoms with van der Waals surface area (Å²) in [4.78, 5) is 49.4. The van der Waals surface area contributed by atoms with E-state index in [1.807, 2.05) is 0 Å². The minimum atomic E-state index is -0.717. The SMILES string of the molecule is CC(=O)N1C2NC(=O)NC2N(C(C)=O)C2NC(=O)NC21. The van der Waals surface area contributed by atoms with Gasteiger partial charge in [0.25, 0.3) is 0 Å². The van der Waals surface area contributed by atoms with Crippen LogP contribution in [-0.2, 0) is 9.59 Å². The molecule has 0 aliphatic carbocycles. The van der Waals surface area contributed by atoms with Crippen molar-refractivity contribution in [2.45, 2.75) is 38.5 Å². The minimum Gasteiger partial charge on any atom is -0.314 e. The highest BCUT2D eigenvalue weighted by Crippen LogP contribution is 2.27. The lowest BCUT2D eigenvalue weighted by Crippen LogP contribution is -2.74. The summed E-state index contributed by atoms with van der Waals surface area (Å²) in [6.07, 6.45) is -2.87. The van der Waals surface area contributed by atoms with E-state index in [0.717, 1.165) is 0 Å². The van der Waals surface area contributed by atoms with E-state index >= 15 is 0 Å². The predicted molar refractivity (Wildman–Crippen MR) is 63.5 cm³/mol. The number of piperazine rings is 1. The van der Waals surface area contributed by atoms with Gasteiger partial charge < -0.3 is 21.3 Å². The lowest BCUT2D eigenvalue weighted by Gasteiger charge is -2.48. The van der Waals surface area contributed by atoms with Crippen LogP contribution >= 0.6 is 0 Å². The molecule has 20 heavy (non-hydrogen) atoms. The Balaban J connectivity index is 2.04. The second kappa shape index (κ2) is 3.99. The summed E-state index contributed by atoms with van der Waals surface area (Å²) in [5.41, 5.74) is 0. The first-order valence-electron chi connectivity index (χ1n) is 6.12. The fourth-order valence-corrected chi connectivity index (χ4v) is 2.95. The lowest BCUT2D eigenvalue weighted by molar-refractivity contribution is -0.157. The summed E-state index contributed by atoms with van der Waals surface area (Å²) < 4.78 is 0. The van der Waals surface area contributed by atoms with Crippen LogP contribution in [0.3, 0.4) is 0 Å². The predicted octanol–water partition coefficient (Wildman–Crippen LogP) is -2.37. The van der Waals surface area contributed by atoms with Gasteiger partial charge in [-0.2, -0.15) is 0 Å². The van der Waals surface area contributed by atoms with Gasteiger partial charge in [0.15, 0.2) is 0 Å². The smallest absolute Gasteiger partial charge is 0.314 e. The van der Waals surface area contributed by atoms with E-state index in [4.69, 9.17) is 0 Å². The van der Waals surface area contributed by atoms with E-state index in [1.165, 1.54) is 23.6 Å². The van der Waals surface area contributed by atoms with Crippen molar-refractivity contribution in [2.24, 2.45) is 0 Å². The zero-order chi connectivity index (χ0) is 14.6. The number of hydrogen-bond donors (Lipinski definition) is 4. The molecule has 3 heterocycles. The summed E-state index contributed by atoms with van der Waals surface area (Å²) in [6.45, 7) is 2.68. The molecule has 3 saturated heterocycles. The highest BCUT2D eigenvalue weighted by molar-refractivity contribution is 5.86. The minimum absolute atomic E-state index is 0.314. The quantitative estimate of drug-likeness (QED) is 0.396. The van der Waals surface area contributed by atoms with Crippen molar-refractivity contribution in [1.82, 2.24) is 31.1 Å². The van der Waals surface area contributed by atoms with Crippen molar-refractivity contribution in [3.05, 3.63) is 0 Å². The third-order valence-electron chi connectivity index (χ3n) is 3.64. The lowest BCUT2D eigenvalue weighted by atomic mass is 10.1. The van der Waals surface area contributed by atoms with E-state index in [2.05, 4.69) is 21.3 Å². The van der Waals surface area contributed by atoms with Crippen molar-refractivity contribution in [3.8, 4) is 0 Å². The van der Waals surface area contributed by atoms with Crippen LogP contribution in [0.15, 0.2) is 0 Å². The molecule has 4 atom stereocenters. The maximum atomic E-state index is 11.8. The van der Waals surface area contributed by atoms with Crippen LogP contribution in [0, 0.1) is 0 Å². The van der Waals surface area contributed by atoms with Gasteiger partial charge in [0.05, 0.1) is 0 Å². The molecule has 0 aromatic heterocycles. The van der Waals surface area contributed by atoms with E-state index in [1.54, 1.807) is 0 Å². The van der Waals surface area contributed by atoms with Crippen LogP contribution < -0.4 is 21.3 Å². The van der Waals surface area contributed by atoms with Crippen LogP contribution in [-0.4, -0.2) is 58.3 Å². The Morgan fingerprint density at radius 1 is 0.750 bits per heavy atom. The van der Waals surface area contributed by atoms with Gasteiger partial charge in [-0.15, -0.1) is 0 Å². The molecule has 0 bridgehead atoms. The third-order valence-corrected chi connectivity index (χ3v) is 3.64. The number of nitrogens with zero attached hydrogens (tertiary/aromatic N) is 2. The van der Waals surface area contributed by atoms with Gasteiger partial charge in [-0.3, -0.25) is 19.4 Å². The van der Waals surface area contributed by atoms with Gasteiger partial charge in [0.2, 0.25) is 11.8 Å². The molecule has 3 rings (SSSR count). The van der Waals surface area contributed by atoms with Gasteiger partial charge in [0.1, 0.15) is 24.7 Å². The Bertz CT molecular complexity index is 448. The Labute approximate surface area is 113 Å². The van der Waals surface area contributed by atoms with E-state index in [-0.39, 0.29) is 11.8 Å². The van der Waals surface area contributed by atoms with Gasteiger partial charge in [0, 0.05) is 13.8 Å². The second-order valence-corrected chi connectivity index (χ2v) is 4.87. The average molecular weight is 282 g/mol. The first-order chi connectivity index (χ1) is 9.40. The number of carbonyl (C=O) groups excluding carboxylic acids is 4. The molecule has 0 saturated carbocycles. The van der Waals surface area contributed by atoms with Crippen molar-refractivity contribution < 1.29 is 19.2 Å². The van der Waals surface area contributed by atoms with Crippen LogP contribution in [0.4, 0.5) is 9.59 Å². The fourth-order valence-electron chi connectivity index (χ4n) is 2.95. The highest BCUT2D eigenvalue weighted by Gasteiger charge is 2.56. The number of amides is 6. The number of carbonyl (C=O) groups is 4. The van der Waals surface area contributed by atoms with E-state index < -0.39 is 36.7 Å². The molecular weight excluding hydrogens is 268 g/mol. The maximum Gasteiger partial charge on any atom is 0.318 e. The molecule has 6 amide bonds. The second-order valence-electron chi connectivity index (χ2n) is 4.87. The molecule has 0 spiro atoms. The average Bonchev–Trinajstić information content (AvgIpc) is 2.85. The first-order valence-corrected chi connectivity index (χ1v) is 6.12. The molecule has 0 aromatic carbocycles. The Morgan fingerprint density at radius 3 is 1.20 bits per heavy atom. The van der Waals surface area contributed by atoms with Gasteiger partial charge >= 0.3 is 12.1 Å². The molecule has 4 N–H and O–H groups in total. The molecule has 0 radical (unpaired) electrons. The number of hydrogen-bond acceptors (Lipinski definition) is 4. The first kappa shape index (κ1) is 12.5. The molecule has 3 aliphatic rings. The molecule has 108 valence electrons. The van der Waals surface area contributed by atoms with E-state index in [0.29, 0.717) is 0 Å². The summed E-state index contributed by atoms with van der Waals surface area (Å²) >= 11 is 0. The topological polar surface area (TPSA) is 123 Å². The van der Waals surface area contributed by atoms with Crippen molar-refractivity contribution in [3.63, 3.8) is 0 Å². The highest BCUT2D eigenvalue weighted by atomic mass is 16.2. The zero-order valence-electron chi connectivity index (χ0n) is 10.8. The van der Waals surface area contributed by atoms with Crippen molar-refractivity contribution in [2.75, 3.05) is 0 Å². The molecular formula is C10H14N6O4. The van der Waals surface area contributed by atoms with Crippen LogP contribution in [0.25, 0.3) is 0 Å². The van der Waals surface area contributed by atoms with Gasteiger partial charge in [-0.25, -0.2) is 9.59 Å². The van der Waals surface area contributed by atoms with Crippen LogP contribution in [0.1, 0.15) is 13.8 Å². The number of urea groups is 2. The Hall–Kier alpha value is -2.52. The van der Waals surface area contributed by atoms with Gasteiger partial charge in [-0.05, 0) is 0 Å². The molecule has 3 fully saturated rings. The Morgan fingerprint density at radius 2 is 1.00 bits per heavy atom. The molecule has 10 nitrogen and oxygen atoms in total. The summed E-state index contributed by atoms with van der Waals surface area (Å²) in [5.74, 6) is -0.627. The number of fused-ring (bicyclic) bond motifs is 2. The normalized spacial score (nSPS) is 34.5. The van der Waals surface area contributed by atoms with Crippen LogP contribution in [0.5, 0.6) is 0 Å². The fraction of sp³-hybridized carbons (Fsp3) is 0.600. The number of rotatable bonds is 0. The van der Waals surface area contributed by atoms with Gasteiger partial charge in [-0.1, -0.05) is 0 Å². The summed E-state index contributed by atoms with van der Waals surface area (Å²) in [7, 11) is 0. The summed E-state index contributed by atoms with van der Waals surface area (Å²) in [6, 6.07) is -0.937. The van der Waals surface area contributed by atoms with Crippen molar-refractivity contribution >= 4 is 23.9 Å². The zero-order valence-corrected chi connectivity index (χ0v) is 10.8. The Kier molecular flexibility index (Phi) is 2.49. The monoisotopic (exact) mass is 282 g/mol. The molecule has 4 unspecified atom stereocenters. The van der Waals surface area contributed by atoms with E-state index in [9.17, 15) is 19.2 Å². The van der Waals surface area contributed by atoms with Crippen molar-refractivity contribution in [1.29, 1.82) is 0 Å². The largest absolute Gasteiger partial charge is 0.318 e. The molecule has 3 aliphatic heterocycles. The third kappa shape index (κ3) is 1.57. The number of nitrogens with one attached hydrogen (secondary N) is 4. The molecule has 10 heteroatoms. The van der Waals surface area contributed by atoms with Crippen LogP contribution in [0.2, 0.25) is 0 Å².